The maximum atomic E-state index is 5.17. The number of methoxy groups -OCH3 is 1. The molecular weight excluding hydrogens is 431 g/mol. The van der Waals surface area contributed by atoms with E-state index in [0.717, 1.165) is 42.9 Å². The van der Waals surface area contributed by atoms with E-state index in [1.54, 1.807) is 7.11 Å². The summed E-state index contributed by atoms with van der Waals surface area (Å²) in [6.07, 6.45) is 0.914. The molecule has 0 aliphatic rings. The van der Waals surface area contributed by atoms with Crippen LogP contribution in [0.1, 0.15) is 24.1 Å². The number of halogens is 1. The molecule has 0 saturated carbocycles. The SMILES string of the molecule is CCNC(=NCc1nnc(C)n1C)NCCc1ccc(OC)cc1.I. The lowest BCUT2D eigenvalue weighted by Gasteiger charge is -2.11. The molecule has 0 fully saturated rings. The summed E-state index contributed by atoms with van der Waals surface area (Å²) in [5.74, 6) is 3.39. The first-order valence-corrected chi connectivity index (χ1v) is 8.14. The Kier molecular flexibility index (Phi) is 9.25. The number of aromatic nitrogens is 3. The topological polar surface area (TPSA) is 76.4 Å². The lowest BCUT2D eigenvalue weighted by atomic mass is 10.1. The molecule has 7 nitrogen and oxygen atoms in total. The van der Waals surface area contributed by atoms with Crippen molar-refractivity contribution in [2.75, 3.05) is 20.2 Å². The van der Waals surface area contributed by atoms with Crippen LogP contribution in [-0.2, 0) is 20.0 Å². The maximum absolute atomic E-state index is 5.17. The summed E-state index contributed by atoms with van der Waals surface area (Å²) < 4.78 is 7.12. The van der Waals surface area contributed by atoms with Gasteiger partial charge >= 0.3 is 0 Å². The third kappa shape index (κ3) is 6.52. The largest absolute Gasteiger partial charge is 0.497 e. The zero-order valence-electron chi connectivity index (χ0n) is 15.2. The van der Waals surface area contributed by atoms with Gasteiger partial charge in [0.2, 0.25) is 0 Å². The van der Waals surface area contributed by atoms with E-state index in [4.69, 9.17) is 4.74 Å². The van der Waals surface area contributed by atoms with Crippen molar-refractivity contribution in [1.29, 1.82) is 0 Å². The molecule has 138 valence electrons. The second-order valence-corrected chi connectivity index (χ2v) is 5.44. The van der Waals surface area contributed by atoms with Crippen LogP contribution in [0.25, 0.3) is 0 Å². The molecule has 2 N–H and O–H groups in total. The fraction of sp³-hybridized carbons (Fsp3) is 0.471. The van der Waals surface area contributed by atoms with Crippen molar-refractivity contribution in [1.82, 2.24) is 25.4 Å². The predicted molar refractivity (Wildman–Crippen MR) is 111 cm³/mol. The second-order valence-electron chi connectivity index (χ2n) is 5.44. The average Bonchev–Trinajstić information content (AvgIpc) is 2.92. The second kappa shape index (κ2) is 10.9. The summed E-state index contributed by atoms with van der Waals surface area (Å²) in [5, 5.41) is 14.8. The van der Waals surface area contributed by atoms with E-state index >= 15 is 0 Å². The molecule has 0 spiro atoms. The Bertz CT molecular complexity index is 668. The van der Waals surface area contributed by atoms with Crippen molar-refractivity contribution in [2.24, 2.45) is 12.0 Å². The molecule has 0 bridgehead atoms. The van der Waals surface area contributed by atoms with E-state index in [1.165, 1.54) is 5.56 Å². The zero-order chi connectivity index (χ0) is 17.4. The molecule has 0 atom stereocenters. The standard InChI is InChI=1S/C17H26N6O.HI/c1-5-18-17(20-12-16-22-21-13(2)23(16)3)19-11-10-14-6-8-15(24-4)9-7-14;/h6-9H,5,10-12H2,1-4H3,(H2,18,19,20);1H. The van der Waals surface area contributed by atoms with Crippen LogP contribution in [0, 0.1) is 6.92 Å². The minimum atomic E-state index is 0. The first-order valence-electron chi connectivity index (χ1n) is 8.14. The number of nitrogens with zero attached hydrogens (tertiary/aromatic N) is 4. The van der Waals surface area contributed by atoms with Crippen molar-refractivity contribution < 1.29 is 4.74 Å². The number of rotatable bonds is 7. The number of nitrogens with one attached hydrogen (secondary N) is 2. The van der Waals surface area contributed by atoms with Gasteiger partial charge in [-0.05, 0) is 38.0 Å². The number of guanidine groups is 1. The number of aliphatic imine (C=N–C) groups is 1. The van der Waals surface area contributed by atoms with Crippen LogP contribution in [0.2, 0.25) is 0 Å². The Morgan fingerprint density at radius 3 is 2.48 bits per heavy atom. The van der Waals surface area contributed by atoms with Crippen molar-refractivity contribution in [2.45, 2.75) is 26.8 Å². The van der Waals surface area contributed by atoms with Gasteiger partial charge in [0.15, 0.2) is 11.8 Å². The summed E-state index contributed by atoms with van der Waals surface area (Å²) in [5.41, 5.74) is 1.25. The Hall–Kier alpha value is -1.84. The maximum Gasteiger partial charge on any atom is 0.191 e. The quantitative estimate of drug-likeness (QED) is 0.378. The Labute approximate surface area is 166 Å². The van der Waals surface area contributed by atoms with E-state index < -0.39 is 0 Å². The van der Waals surface area contributed by atoms with Gasteiger partial charge in [-0.25, -0.2) is 4.99 Å². The molecular formula is C17H27IN6O. The van der Waals surface area contributed by atoms with Crippen LogP contribution in [-0.4, -0.2) is 40.9 Å². The minimum absolute atomic E-state index is 0. The van der Waals surface area contributed by atoms with Crippen molar-refractivity contribution in [3.8, 4) is 5.75 Å². The molecule has 1 aromatic carbocycles. The Morgan fingerprint density at radius 2 is 1.92 bits per heavy atom. The van der Waals surface area contributed by atoms with Crippen molar-refractivity contribution in [3.05, 3.63) is 41.5 Å². The molecule has 0 aliphatic heterocycles. The van der Waals surface area contributed by atoms with Gasteiger partial charge in [0.25, 0.3) is 0 Å². The van der Waals surface area contributed by atoms with Gasteiger partial charge in [-0.15, -0.1) is 34.2 Å². The normalized spacial score (nSPS) is 11.0. The zero-order valence-corrected chi connectivity index (χ0v) is 17.6. The Balaban J connectivity index is 0.00000312. The average molecular weight is 458 g/mol. The number of hydrogen-bond donors (Lipinski definition) is 2. The van der Waals surface area contributed by atoms with Gasteiger partial charge in [-0.2, -0.15) is 0 Å². The molecule has 25 heavy (non-hydrogen) atoms. The van der Waals surface area contributed by atoms with Crippen LogP contribution in [0.4, 0.5) is 0 Å². The summed E-state index contributed by atoms with van der Waals surface area (Å²) >= 11 is 0. The van der Waals surface area contributed by atoms with Crippen molar-refractivity contribution >= 4 is 29.9 Å². The fourth-order valence-electron chi connectivity index (χ4n) is 2.20. The third-order valence-corrected chi connectivity index (χ3v) is 3.77. The highest BCUT2D eigenvalue weighted by molar-refractivity contribution is 14.0. The molecule has 0 unspecified atom stereocenters. The Morgan fingerprint density at radius 1 is 1.20 bits per heavy atom. The van der Waals surface area contributed by atoms with Crippen LogP contribution >= 0.6 is 24.0 Å². The summed E-state index contributed by atoms with van der Waals surface area (Å²) in [6.45, 7) is 6.09. The molecule has 2 rings (SSSR count). The summed E-state index contributed by atoms with van der Waals surface area (Å²) in [6, 6.07) is 8.11. The first-order chi connectivity index (χ1) is 11.6. The van der Waals surface area contributed by atoms with Gasteiger partial charge in [-0.3, -0.25) is 0 Å². The fourth-order valence-corrected chi connectivity index (χ4v) is 2.20. The van der Waals surface area contributed by atoms with E-state index in [1.807, 2.05) is 37.6 Å². The highest BCUT2D eigenvalue weighted by Crippen LogP contribution is 2.11. The highest BCUT2D eigenvalue weighted by atomic mass is 127. The number of benzene rings is 1. The monoisotopic (exact) mass is 458 g/mol. The highest BCUT2D eigenvalue weighted by Gasteiger charge is 2.04. The lowest BCUT2D eigenvalue weighted by Crippen LogP contribution is -2.38. The van der Waals surface area contributed by atoms with E-state index in [-0.39, 0.29) is 24.0 Å². The number of aryl methyl sites for hydroxylation is 1. The number of ether oxygens (including phenoxy) is 1. The van der Waals surface area contributed by atoms with Crippen LogP contribution in [0.3, 0.4) is 0 Å². The molecule has 1 aromatic heterocycles. The summed E-state index contributed by atoms with van der Waals surface area (Å²) in [7, 11) is 3.62. The van der Waals surface area contributed by atoms with E-state index in [0.29, 0.717) is 6.54 Å². The van der Waals surface area contributed by atoms with Crippen LogP contribution in [0.5, 0.6) is 5.75 Å². The van der Waals surface area contributed by atoms with Crippen molar-refractivity contribution in [3.63, 3.8) is 0 Å². The predicted octanol–water partition coefficient (Wildman–Crippen LogP) is 2.05. The van der Waals surface area contributed by atoms with Gasteiger partial charge in [-0.1, -0.05) is 12.1 Å². The third-order valence-electron chi connectivity index (χ3n) is 3.77. The molecule has 0 amide bonds. The van der Waals surface area contributed by atoms with Crippen LogP contribution in [0.15, 0.2) is 29.3 Å². The van der Waals surface area contributed by atoms with Gasteiger partial charge in [0.05, 0.1) is 7.11 Å². The molecule has 0 aliphatic carbocycles. The molecule has 0 radical (unpaired) electrons. The smallest absolute Gasteiger partial charge is 0.191 e. The van der Waals surface area contributed by atoms with Gasteiger partial charge in [0.1, 0.15) is 18.1 Å². The van der Waals surface area contributed by atoms with E-state index in [9.17, 15) is 0 Å². The summed E-state index contributed by atoms with van der Waals surface area (Å²) in [4.78, 5) is 4.57. The number of hydrogen-bond acceptors (Lipinski definition) is 4. The van der Waals surface area contributed by atoms with Gasteiger partial charge in [0, 0.05) is 20.1 Å². The van der Waals surface area contributed by atoms with E-state index in [2.05, 4.69) is 38.0 Å². The molecule has 8 heteroatoms. The lowest BCUT2D eigenvalue weighted by molar-refractivity contribution is 0.414. The van der Waals surface area contributed by atoms with Gasteiger partial charge < -0.3 is 19.9 Å². The molecule has 2 aromatic rings. The first kappa shape index (κ1) is 21.2. The molecule has 0 saturated heterocycles. The minimum Gasteiger partial charge on any atom is -0.497 e. The van der Waals surface area contributed by atoms with Crippen LogP contribution < -0.4 is 15.4 Å². The molecule has 1 heterocycles.